The van der Waals surface area contributed by atoms with E-state index in [0.717, 1.165) is 129 Å². The van der Waals surface area contributed by atoms with Crippen LogP contribution in [0.15, 0.2) is 72.8 Å². The number of phenols is 2. The lowest BCUT2D eigenvalue weighted by atomic mass is 10.0. The van der Waals surface area contributed by atoms with Crippen molar-refractivity contribution in [2.24, 2.45) is 0 Å². The van der Waals surface area contributed by atoms with Crippen LogP contribution in [0.1, 0.15) is 75.2 Å². The lowest BCUT2D eigenvalue weighted by molar-refractivity contribution is 0.129. The summed E-state index contributed by atoms with van der Waals surface area (Å²) in [6.07, 6.45) is 0. The SMILES string of the molecule is CCN(CC)Cc1cc(Nc2c(CN(CC)CN(CC)Cc3c(C)nc4ccc(OC)cc4c3Nc3ccc(O)c(CN(CC)CC)c3)c(C)nc3ccc(OC)cc23)ccc1O. The maximum Gasteiger partial charge on any atom is 0.120 e. The Morgan fingerprint density at radius 1 is 0.492 bits per heavy atom. The molecule has 0 aliphatic carbocycles. The van der Waals surface area contributed by atoms with Gasteiger partial charge in [-0.25, -0.2) is 0 Å². The summed E-state index contributed by atoms with van der Waals surface area (Å²) in [7, 11) is 3.38. The second-order valence-corrected chi connectivity index (χ2v) is 16.2. The molecule has 0 amide bonds. The predicted molar refractivity (Wildman–Crippen MR) is 259 cm³/mol. The molecule has 0 radical (unpaired) electrons. The molecule has 0 atom stereocenters. The molecule has 63 heavy (non-hydrogen) atoms. The zero-order valence-corrected chi connectivity index (χ0v) is 39.1. The van der Waals surface area contributed by atoms with E-state index in [1.165, 1.54) is 0 Å². The molecule has 12 nitrogen and oxygen atoms in total. The van der Waals surface area contributed by atoms with Crippen LogP contribution in [-0.2, 0) is 26.2 Å². The Hall–Kier alpha value is -5.66. The van der Waals surface area contributed by atoms with Crippen LogP contribution >= 0.6 is 0 Å². The van der Waals surface area contributed by atoms with Crippen LogP contribution in [-0.4, -0.2) is 99.9 Å². The smallest absolute Gasteiger partial charge is 0.120 e. The van der Waals surface area contributed by atoms with Gasteiger partial charge in [0.25, 0.3) is 0 Å². The number of rotatable bonds is 22. The summed E-state index contributed by atoms with van der Waals surface area (Å²) >= 11 is 0. The van der Waals surface area contributed by atoms with Gasteiger partial charge in [-0.05, 0) is 126 Å². The Morgan fingerprint density at radius 2 is 0.873 bits per heavy atom. The number of pyridine rings is 2. The number of nitrogens with zero attached hydrogens (tertiary/aromatic N) is 6. The first-order valence-corrected chi connectivity index (χ1v) is 22.5. The lowest BCUT2D eigenvalue weighted by Gasteiger charge is -2.31. The highest BCUT2D eigenvalue weighted by Gasteiger charge is 2.22. The normalized spacial score (nSPS) is 11.8. The fourth-order valence-corrected chi connectivity index (χ4v) is 8.23. The number of aryl methyl sites for hydroxylation is 2. The Labute approximate surface area is 374 Å². The van der Waals surface area contributed by atoms with E-state index in [0.29, 0.717) is 44.3 Å². The molecule has 0 aliphatic heterocycles. The van der Waals surface area contributed by atoms with Gasteiger partial charge in [-0.2, -0.15) is 0 Å². The van der Waals surface area contributed by atoms with Gasteiger partial charge >= 0.3 is 0 Å². The monoisotopic (exact) mass is 857 g/mol. The van der Waals surface area contributed by atoms with Gasteiger partial charge in [-0.1, -0.05) is 41.5 Å². The van der Waals surface area contributed by atoms with Gasteiger partial charge in [-0.15, -0.1) is 0 Å². The van der Waals surface area contributed by atoms with Crippen LogP contribution in [0.5, 0.6) is 23.0 Å². The van der Waals surface area contributed by atoms with Crippen LogP contribution in [0.25, 0.3) is 21.8 Å². The van der Waals surface area contributed by atoms with Gasteiger partial charge in [0.05, 0.1) is 43.3 Å². The second kappa shape index (κ2) is 21.6. The molecule has 0 saturated heterocycles. The third-order valence-electron chi connectivity index (χ3n) is 12.3. The Balaban J connectivity index is 1.36. The third-order valence-corrected chi connectivity index (χ3v) is 12.3. The summed E-state index contributed by atoms with van der Waals surface area (Å²) in [5.74, 6) is 2.10. The Kier molecular flexibility index (Phi) is 16.1. The average molecular weight is 857 g/mol. The summed E-state index contributed by atoms with van der Waals surface area (Å²) in [4.78, 5) is 19.7. The molecule has 336 valence electrons. The summed E-state index contributed by atoms with van der Waals surface area (Å²) in [6, 6.07) is 23.6. The minimum absolute atomic E-state index is 0.291. The maximum absolute atomic E-state index is 10.9. The molecule has 12 heteroatoms. The molecule has 0 unspecified atom stereocenters. The summed E-state index contributed by atoms with van der Waals surface area (Å²) in [6.45, 7) is 25.6. The largest absolute Gasteiger partial charge is 0.508 e. The number of nitrogens with one attached hydrogen (secondary N) is 2. The number of aromatic nitrogens is 2. The molecule has 0 bridgehead atoms. The first-order chi connectivity index (χ1) is 30.4. The third kappa shape index (κ3) is 11.1. The molecular weight excluding hydrogens is 789 g/mol. The first kappa shape index (κ1) is 46.8. The van der Waals surface area contributed by atoms with Crippen molar-refractivity contribution in [2.45, 2.75) is 81.6 Å². The molecular formula is C51H68N8O4. The van der Waals surface area contributed by atoms with Crippen molar-refractivity contribution in [1.82, 2.24) is 29.6 Å². The number of ether oxygens (including phenoxy) is 2. The number of fused-ring (bicyclic) bond motifs is 2. The van der Waals surface area contributed by atoms with E-state index in [-0.39, 0.29) is 0 Å². The quantitative estimate of drug-likeness (QED) is 0.0384. The number of benzene rings is 4. The minimum atomic E-state index is 0.291. The zero-order valence-electron chi connectivity index (χ0n) is 39.1. The molecule has 0 fully saturated rings. The van der Waals surface area contributed by atoms with Crippen molar-refractivity contribution >= 4 is 44.6 Å². The number of methoxy groups -OCH3 is 2. The zero-order chi connectivity index (χ0) is 45.2. The summed E-state index contributed by atoms with van der Waals surface area (Å²) < 4.78 is 11.4. The minimum Gasteiger partial charge on any atom is -0.508 e. The van der Waals surface area contributed by atoms with Gasteiger partial charge in [0.1, 0.15) is 23.0 Å². The van der Waals surface area contributed by atoms with E-state index >= 15 is 0 Å². The lowest BCUT2D eigenvalue weighted by Crippen LogP contribution is -2.37. The molecule has 0 saturated carbocycles. The highest BCUT2D eigenvalue weighted by atomic mass is 16.5. The molecule has 2 aromatic heterocycles. The number of phenolic OH excluding ortho intramolecular Hbond substituents is 2. The van der Waals surface area contributed by atoms with Crippen molar-refractivity contribution in [3.63, 3.8) is 0 Å². The number of hydrogen-bond donors (Lipinski definition) is 4. The highest BCUT2D eigenvalue weighted by Crippen LogP contribution is 2.38. The van der Waals surface area contributed by atoms with E-state index in [1.54, 1.807) is 26.4 Å². The van der Waals surface area contributed by atoms with Crippen LogP contribution in [0.3, 0.4) is 0 Å². The number of anilines is 4. The second-order valence-electron chi connectivity index (χ2n) is 16.2. The van der Waals surface area contributed by atoms with Crippen LogP contribution in [0.4, 0.5) is 22.7 Å². The molecule has 6 aromatic rings. The van der Waals surface area contributed by atoms with E-state index < -0.39 is 0 Å². The van der Waals surface area contributed by atoms with E-state index in [9.17, 15) is 10.2 Å². The Bertz CT molecular complexity index is 2310. The number of aromatic hydroxyl groups is 2. The van der Waals surface area contributed by atoms with Gasteiger partial charge in [0.2, 0.25) is 0 Å². The first-order valence-electron chi connectivity index (χ1n) is 22.5. The van der Waals surface area contributed by atoms with E-state index in [2.05, 4.69) is 110 Å². The van der Waals surface area contributed by atoms with Gasteiger partial charge in [0.15, 0.2) is 0 Å². The molecule has 4 N–H and O–H groups in total. The highest BCUT2D eigenvalue weighted by molar-refractivity contribution is 5.97. The molecule has 0 spiro atoms. The average Bonchev–Trinajstić information content (AvgIpc) is 3.30. The van der Waals surface area contributed by atoms with Crippen molar-refractivity contribution < 1.29 is 19.7 Å². The predicted octanol–water partition coefficient (Wildman–Crippen LogP) is 10.3. The van der Waals surface area contributed by atoms with Crippen molar-refractivity contribution in [1.29, 1.82) is 0 Å². The maximum atomic E-state index is 10.9. The van der Waals surface area contributed by atoms with Crippen LogP contribution in [0.2, 0.25) is 0 Å². The van der Waals surface area contributed by atoms with Crippen molar-refractivity contribution in [3.8, 4) is 23.0 Å². The molecule has 6 rings (SSSR count). The number of hydrogen-bond acceptors (Lipinski definition) is 12. The van der Waals surface area contributed by atoms with Crippen molar-refractivity contribution in [2.75, 3.05) is 70.8 Å². The van der Waals surface area contributed by atoms with Crippen molar-refractivity contribution in [3.05, 3.63) is 106 Å². The van der Waals surface area contributed by atoms with Gasteiger partial charge < -0.3 is 30.3 Å². The Morgan fingerprint density at radius 3 is 1.22 bits per heavy atom. The van der Waals surface area contributed by atoms with E-state index in [1.807, 2.05) is 36.4 Å². The van der Waals surface area contributed by atoms with Crippen LogP contribution < -0.4 is 20.1 Å². The fraction of sp³-hybridized carbons (Fsp3) is 0.412. The van der Waals surface area contributed by atoms with Crippen LogP contribution in [0, 0.1) is 13.8 Å². The topological polar surface area (TPSA) is 122 Å². The molecule has 2 heterocycles. The van der Waals surface area contributed by atoms with E-state index in [4.69, 9.17) is 19.4 Å². The summed E-state index contributed by atoms with van der Waals surface area (Å²) in [5.41, 5.74) is 11.3. The molecule has 0 aliphatic rings. The van der Waals surface area contributed by atoms with Gasteiger partial charge in [0, 0.05) is 82.0 Å². The summed E-state index contributed by atoms with van der Waals surface area (Å²) in [5, 5.41) is 31.3. The van der Waals surface area contributed by atoms with Gasteiger partial charge in [-0.3, -0.25) is 29.6 Å². The fourth-order valence-electron chi connectivity index (χ4n) is 8.23. The standard InChI is InChI=1S/C51H68N8O4/c1-11-56(12-2)29-36-25-38(17-23-48(36)60)54-50-42-27-40(62-9)19-21-46(42)52-34(7)44(50)31-58(15-5)33-59(16-6)32-45-35(8)53-47-22-20-41(63-10)28-43(47)51(45)55-39-18-24-49(61)37(26-39)30-57(13-3)14-4/h17-28,60-61H,11-16,29-33H2,1-10H3,(H,52,54)(H,53,55). The molecule has 4 aromatic carbocycles.